The molecular weight excluding hydrogens is 482 g/mol. The quantitative estimate of drug-likeness (QED) is 0.329. The highest BCUT2D eigenvalue weighted by Crippen LogP contribution is 2.47. The van der Waals surface area contributed by atoms with Crippen LogP contribution in [0.15, 0.2) is 69.8 Å². The molecule has 2 aromatic carbocycles. The maximum atomic E-state index is 13.4. The number of benzene rings is 2. The fourth-order valence-corrected chi connectivity index (χ4v) is 5.77. The van der Waals surface area contributed by atoms with Crippen molar-refractivity contribution in [2.75, 3.05) is 12.4 Å². The summed E-state index contributed by atoms with van der Waals surface area (Å²) in [7, 11) is 1.61. The van der Waals surface area contributed by atoms with Crippen LogP contribution in [-0.4, -0.2) is 22.9 Å². The van der Waals surface area contributed by atoms with Crippen molar-refractivity contribution in [2.24, 2.45) is 5.41 Å². The van der Waals surface area contributed by atoms with Crippen molar-refractivity contribution in [1.82, 2.24) is 9.97 Å². The lowest BCUT2D eigenvalue weighted by atomic mass is 9.69. The Morgan fingerprint density at radius 2 is 1.80 bits per heavy atom. The summed E-state index contributed by atoms with van der Waals surface area (Å²) >= 11 is 7.43. The summed E-state index contributed by atoms with van der Waals surface area (Å²) in [6.07, 6.45) is 1.15. The van der Waals surface area contributed by atoms with Crippen LogP contribution >= 0.6 is 23.4 Å². The zero-order valence-corrected chi connectivity index (χ0v) is 21.3. The first-order valence-corrected chi connectivity index (χ1v) is 12.8. The molecule has 3 aromatic rings. The fraction of sp³-hybridized carbons (Fsp3) is 0.296. The topological polar surface area (TPSA) is 84.1 Å². The molecule has 6 nitrogen and oxygen atoms in total. The molecule has 0 saturated carbocycles. The molecule has 1 aliphatic heterocycles. The maximum Gasteiger partial charge on any atom is 0.257 e. The van der Waals surface area contributed by atoms with E-state index >= 15 is 0 Å². The molecule has 2 N–H and O–H groups in total. The number of ketones is 1. The SMILES string of the molecule is COc1ccc([C@@H]2C3=C(CC(C)(C)CC3=O)Nc3nc(SCc4ccc(Cl)cc4)[nH]c(=O)c32)cc1. The number of Topliss-reactive ketones (excluding diaryl/α,β-unsaturated/α-hetero) is 1. The summed E-state index contributed by atoms with van der Waals surface area (Å²) in [5, 5.41) is 4.57. The van der Waals surface area contributed by atoms with Crippen molar-refractivity contribution in [3.63, 3.8) is 0 Å². The van der Waals surface area contributed by atoms with Gasteiger partial charge in [-0.3, -0.25) is 9.59 Å². The third-order valence-corrected chi connectivity index (χ3v) is 7.63. The zero-order chi connectivity index (χ0) is 24.7. The Morgan fingerprint density at radius 3 is 2.49 bits per heavy atom. The van der Waals surface area contributed by atoms with E-state index in [9.17, 15) is 9.59 Å². The number of anilines is 1. The number of aromatic nitrogens is 2. The largest absolute Gasteiger partial charge is 0.497 e. The molecule has 1 atom stereocenters. The number of nitrogens with zero attached hydrogens (tertiary/aromatic N) is 1. The van der Waals surface area contributed by atoms with Gasteiger partial charge in [0.15, 0.2) is 10.9 Å². The van der Waals surface area contributed by atoms with Crippen LogP contribution in [0.25, 0.3) is 0 Å². The normalized spacial score (nSPS) is 18.5. The van der Waals surface area contributed by atoms with E-state index in [1.54, 1.807) is 7.11 Å². The molecular formula is C27H26ClN3O3S. The Hall–Kier alpha value is -3.03. The Kier molecular flexibility index (Phi) is 6.23. The van der Waals surface area contributed by atoms with Crippen LogP contribution in [-0.2, 0) is 10.5 Å². The van der Waals surface area contributed by atoms with Crippen molar-refractivity contribution in [2.45, 2.75) is 43.5 Å². The molecule has 8 heteroatoms. The average Bonchev–Trinajstić information content (AvgIpc) is 2.81. The van der Waals surface area contributed by atoms with Crippen LogP contribution in [0.2, 0.25) is 5.02 Å². The van der Waals surface area contributed by atoms with Gasteiger partial charge in [-0.15, -0.1) is 0 Å². The van der Waals surface area contributed by atoms with Gasteiger partial charge >= 0.3 is 0 Å². The van der Waals surface area contributed by atoms with E-state index < -0.39 is 5.92 Å². The lowest BCUT2D eigenvalue weighted by Crippen LogP contribution is -2.37. The predicted molar refractivity (Wildman–Crippen MR) is 139 cm³/mol. The summed E-state index contributed by atoms with van der Waals surface area (Å²) in [6, 6.07) is 15.1. The minimum atomic E-state index is -0.484. The Bertz CT molecular complexity index is 1380. The molecule has 0 bridgehead atoms. The number of carbonyl (C=O) groups excluding carboxylic acids is 1. The highest BCUT2D eigenvalue weighted by atomic mass is 35.5. The second-order valence-corrected chi connectivity index (χ2v) is 11.1. The van der Waals surface area contributed by atoms with E-state index in [1.807, 2.05) is 48.5 Å². The number of methoxy groups -OCH3 is 1. The Morgan fingerprint density at radius 1 is 1.09 bits per heavy atom. The summed E-state index contributed by atoms with van der Waals surface area (Å²) in [4.78, 5) is 34.5. The van der Waals surface area contributed by atoms with E-state index in [2.05, 4.69) is 24.1 Å². The van der Waals surface area contributed by atoms with Crippen molar-refractivity contribution in [3.8, 4) is 5.75 Å². The molecule has 0 spiro atoms. The van der Waals surface area contributed by atoms with Gasteiger partial charge in [-0.1, -0.05) is 61.5 Å². The van der Waals surface area contributed by atoms with Gasteiger partial charge in [0, 0.05) is 34.4 Å². The lowest BCUT2D eigenvalue weighted by Gasteiger charge is -2.38. The first-order valence-electron chi connectivity index (χ1n) is 11.4. The summed E-state index contributed by atoms with van der Waals surface area (Å²) < 4.78 is 5.31. The van der Waals surface area contributed by atoms with Crippen molar-refractivity contribution in [1.29, 1.82) is 0 Å². The third-order valence-electron chi connectivity index (χ3n) is 6.44. The molecule has 1 aliphatic carbocycles. The number of rotatable bonds is 5. The molecule has 180 valence electrons. The van der Waals surface area contributed by atoms with Gasteiger partial charge in [-0.2, -0.15) is 0 Å². The van der Waals surface area contributed by atoms with Crippen LogP contribution in [0.3, 0.4) is 0 Å². The summed E-state index contributed by atoms with van der Waals surface area (Å²) in [5.74, 6) is 1.45. The number of ether oxygens (including phenoxy) is 1. The molecule has 0 saturated heterocycles. The van der Waals surface area contributed by atoms with Gasteiger partial charge in [0.1, 0.15) is 11.6 Å². The van der Waals surface area contributed by atoms with Crippen molar-refractivity contribution in [3.05, 3.63) is 91.9 Å². The van der Waals surface area contributed by atoms with E-state index in [4.69, 9.17) is 21.3 Å². The van der Waals surface area contributed by atoms with Gasteiger partial charge < -0.3 is 15.0 Å². The molecule has 2 aliphatic rings. The number of fused-ring (bicyclic) bond motifs is 1. The minimum absolute atomic E-state index is 0.0656. The lowest BCUT2D eigenvalue weighted by molar-refractivity contribution is -0.118. The summed E-state index contributed by atoms with van der Waals surface area (Å²) in [5.41, 5.74) is 3.51. The number of hydrogen-bond donors (Lipinski definition) is 2. The second kappa shape index (κ2) is 9.21. The van der Waals surface area contributed by atoms with E-state index in [-0.39, 0.29) is 16.8 Å². The fourth-order valence-electron chi connectivity index (χ4n) is 4.82. The van der Waals surface area contributed by atoms with Gasteiger partial charge in [-0.05, 0) is 47.2 Å². The standard InChI is InChI=1S/C27H26ClN3O3S/c1-27(2)12-19-22(20(32)13-27)21(16-6-10-18(34-3)11-7-16)23-24(29-19)30-26(31-25(23)33)35-14-15-4-8-17(28)9-5-15/h4-11,21H,12-14H2,1-3H3,(H2,29,30,31,33)/t21-/m1/s1. The van der Waals surface area contributed by atoms with Crippen LogP contribution < -0.4 is 15.6 Å². The summed E-state index contributed by atoms with van der Waals surface area (Å²) in [6.45, 7) is 4.18. The first kappa shape index (κ1) is 23.7. The highest BCUT2D eigenvalue weighted by molar-refractivity contribution is 7.98. The van der Waals surface area contributed by atoms with Crippen molar-refractivity contribution >= 4 is 35.0 Å². The first-order chi connectivity index (χ1) is 16.7. The highest BCUT2D eigenvalue weighted by Gasteiger charge is 2.42. The number of halogens is 1. The van der Waals surface area contributed by atoms with E-state index in [0.29, 0.717) is 51.5 Å². The molecule has 0 radical (unpaired) electrons. The van der Waals surface area contributed by atoms with Crippen molar-refractivity contribution < 1.29 is 9.53 Å². The number of hydrogen-bond acceptors (Lipinski definition) is 6. The van der Waals surface area contributed by atoms with Gasteiger partial charge in [0.05, 0.1) is 12.7 Å². The molecule has 0 unspecified atom stereocenters. The number of nitrogens with one attached hydrogen (secondary N) is 2. The Labute approximate surface area is 213 Å². The third kappa shape index (κ3) is 4.75. The average molecular weight is 508 g/mol. The smallest absolute Gasteiger partial charge is 0.257 e. The molecule has 5 rings (SSSR count). The van der Waals surface area contributed by atoms with Gasteiger partial charge in [-0.25, -0.2) is 4.98 Å². The number of carbonyl (C=O) groups is 1. The van der Waals surface area contributed by atoms with E-state index in [0.717, 1.165) is 16.8 Å². The number of H-pyrrole nitrogens is 1. The number of thioether (sulfide) groups is 1. The monoisotopic (exact) mass is 507 g/mol. The van der Waals surface area contributed by atoms with Crippen LogP contribution in [0, 0.1) is 5.41 Å². The van der Waals surface area contributed by atoms with Crippen LogP contribution in [0.5, 0.6) is 5.75 Å². The van der Waals surface area contributed by atoms with Crippen LogP contribution in [0.1, 0.15) is 49.3 Å². The van der Waals surface area contributed by atoms with Gasteiger partial charge in [0.25, 0.3) is 5.56 Å². The number of allylic oxidation sites excluding steroid dienone is 2. The zero-order valence-electron chi connectivity index (χ0n) is 19.8. The maximum absolute atomic E-state index is 13.4. The molecule has 35 heavy (non-hydrogen) atoms. The number of aromatic amines is 1. The van der Waals surface area contributed by atoms with Gasteiger partial charge in [0.2, 0.25) is 0 Å². The second-order valence-electron chi connectivity index (χ2n) is 9.71. The Balaban J connectivity index is 1.56. The molecule has 1 aromatic heterocycles. The minimum Gasteiger partial charge on any atom is -0.497 e. The molecule has 0 amide bonds. The van der Waals surface area contributed by atoms with E-state index in [1.165, 1.54) is 11.8 Å². The molecule has 0 fully saturated rings. The predicted octanol–water partition coefficient (Wildman–Crippen LogP) is 5.92. The molecule has 2 heterocycles. The van der Waals surface area contributed by atoms with Crippen LogP contribution in [0.4, 0.5) is 5.82 Å².